The molecule has 1 aromatic carbocycles. The fourth-order valence-corrected chi connectivity index (χ4v) is 3.46. The molecule has 2 aromatic heterocycles. The molecule has 0 saturated heterocycles. The number of halogens is 3. The summed E-state index contributed by atoms with van der Waals surface area (Å²) < 4.78 is 42.8. The predicted molar refractivity (Wildman–Crippen MR) is 104 cm³/mol. The number of hydrogen-bond acceptors (Lipinski definition) is 5. The van der Waals surface area contributed by atoms with Gasteiger partial charge in [0.2, 0.25) is 5.91 Å². The second-order valence-corrected chi connectivity index (χ2v) is 7.13. The molecule has 3 aromatic rings. The first kappa shape index (κ1) is 20.6. The van der Waals surface area contributed by atoms with Crippen LogP contribution in [0.5, 0.6) is 0 Å². The van der Waals surface area contributed by atoms with E-state index >= 15 is 0 Å². The van der Waals surface area contributed by atoms with Gasteiger partial charge in [0.1, 0.15) is 5.56 Å². The van der Waals surface area contributed by atoms with Crippen molar-refractivity contribution in [1.82, 2.24) is 15.5 Å². The fraction of sp³-hybridized carbons (Fsp3) is 0.238. The van der Waals surface area contributed by atoms with Crippen LogP contribution in [0.3, 0.4) is 0 Å². The van der Waals surface area contributed by atoms with Crippen LogP contribution in [-0.2, 0) is 23.9 Å². The number of pyridine rings is 1. The third kappa shape index (κ3) is 4.14. The molecule has 0 atom stereocenters. The number of nitrogens with zero attached hydrogens (tertiary/aromatic N) is 3. The molecule has 0 aliphatic carbocycles. The zero-order chi connectivity index (χ0) is 22.2. The Hall–Kier alpha value is -3.69. The summed E-state index contributed by atoms with van der Waals surface area (Å²) >= 11 is 0. The maximum Gasteiger partial charge on any atom is 0.453 e. The second kappa shape index (κ2) is 7.86. The fourth-order valence-electron chi connectivity index (χ4n) is 3.46. The van der Waals surface area contributed by atoms with Crippen molar-refractivity contribution in [3.63, 3.8) is 0 Å². The molecule has 1 aliphatic rings. The predicted octanol–water partition coefficient (Wildman–Crippen LogP) is 3.59. The van der Waals surface area contributed by atoms with Crippen molar-refractivity contribution < 1.29 is 27.3 Å². The molecule has 7 nitrogen and oxygen atoms in total. The van der Waals surface area contributed by atoms with Crippen molar-refractivity contribution in [1.29, 1.82) is 0 Å². The van der Waals surface area contributed by atoms with Gasteiger partial charge >= 0.3 is 6.18 Å². The Morgan fingerprint density at radius 2 is 1.97 bits per heavy atom. The molecule has 0 radical (unpaired) electrons. The highest BCUT2D eigenvalue weighted by Crippen LogP contribution is 2.32. The lowest BCUT2D eigenvalue weighted by atomic mass is 9.96. The van der Waals surface area contributed by atoms with Crippen LogP contribution in [0.1, 0.15) is 33.7 Å². The third-order valence-electron chi connectivity index (χ3n) is 5.08. The summed E-state index contributed by atoms with van der Waals surface area (Å²) in [4.78, 5) is 29.8. The minimum absolute atomic E-state index is 0.0235. The summed E-state index contributed by atoms with van der Waals surface area (Å²) in [6, 6.07) is 7.54. The van der Waals surface area contributed by atoms with Crippen LogP contribution in [0.4, 0.5) is 18.9 Å². The number of hydrogen-bond donors (Lipinski definition) is 1. The molecule has 10 heteroatoms. The lowest BCUT2D eigenvalue weighted by molar-refractivity contribution is -0.155. The highest BCUT2D eigenvalue weighted by molar-refractivity contribution is 5.96. The molecule has 0 saturated carbocycles. The summed E-state index contributed by atoms with van der Waals surface area (Å²) in [7, 11) is 1.74. The number of benzene rings is 1. The van der Waals surface area contributed by atoms with Crippen LogP contribution in [0.25, 0.3) is 11.1 Å². The van der Waals surface area contributed by atoms with Crippen molar-refractivity contribution >= 4 is 17.5 Å². The number of carbonyl (C=O) groups excluding carboxylic acids is 2. The van der Waals surface area contributed by atoms with Gasteiger partial charge in [-0.3, -0.25) is 14.6 Å². The van der Waals surface area contributed by atoms with E-state index < -0.39 is 23.4 Å². The van der Waals surface area contributed by atoms with Gasteiger partial charge in [-0.15, -0.1) is 0 Å². The van der Waals surface area contributed by atoms with Crippen LogP contribution in [0.15, 0.2) is 47.4 Å². The van der Waals surface area contributed by atoms with Gasteiger partial charge in [-0.25, -0.2) is 0 Å². The molecule has 4 rings (SSSR count). The Balaban J connectivity index is 1.50. The minimum atomic E-state index is -4.81. The quantitative estimate of drug-likeness (QED) is 0.684. The number of carbonyl (C=O) groups is 2. The van der Waals surface area contributed by atoms with Gasteiger partial charge in [0.05, 0.1) is 6.20 Å². The normalized spacial score (nSPS) is 13.8. The zero-order valence-corrected chi connectivity index (χ0v) is 16.4. The van der Waals surface area contributed by atoms with Gasteiger partial charge < -0.3 is 14.7 Å². The molecule has 0 bridgehead atoms. The van der Waals surface area contributed by atoms with Crippen molar-refractivity contribution in [3.05, 3.63) is 65.3 Å². The molecule has 1 N–H and O–H groups in total. The highest BCUT2D eigenvalue weighted by Gasteiger charge is 2.40. The Kier molecular flexibility index (Phi) is 5.22. The largest absolute Gasteiger partial charge is 0.453 e. The number of amides is 2. The Labute approximate surface area is 174 Å². The molecule has 1 aliphatic heterocycles. The molecule has 31 heavy (non-hydrogen) atoms. The van der Waals surface area contributed by atoms with E-state index in [0.717, 1.165) is 28.6 Å². The van der Waals surface area contributed by atoms with Gasteiger partial charge in [0.25, 0.3) is 11.7 Å². The number of anilines is 1. The van der Waals surface area contributed by atoms with Crippen LogP contribution >= 0.6 is 0 Å². The summed E-state index contributed by atoms with van der Waals surface area (Å²) in [5, 5.41) is 5.50. The van der Waals surface area contributed by atoms with Crippen molar-refractivity contribution in [3.8, 4) is 11.1 Å². The van der Waals surface area contributed by atoms with E-state index in [4.69, 9.17) is 0 Å². The second-order valence-electron chi connectivity index (χ2n) is 7.13. The Bertz CT molecular complexity index is 1160. The monoisotopic (exact) mass is 430 g/mol. The van der Waals surface area contributed by atoms with E-state index in [2.05, 4.69) is 20.0 Å². The van der Waals surface area contributed by atoms with Crippen molar-refractivity contribution in [2.45, 2.75) is 25.6 Å². The van der Waals surface area contributed by atoms with Crippen LogP contribution in [0, 0.1) is 0 Å². The average molecular weight is 430 g/mol. The lowest BCUT2D eigenvalue weighted by Crippen LogP contribution is -2.30. The molecule has 0 spiro atoms. The standard InChI is InChI=1S/C21H17F3N4O3/c1-28-17-4-2-13(7-14(17)3-5-18(28)29)15-6-12(8-25-10-15)9-26-20(30)16-11-27-31-19(16)21(22,23)24/h2,4,6-8,10-11H,3,5,9H2,1H3,(H,26,30). The summed E-state index contributed by atoms with van der Waals surface area (Å²) in [6.45, 7) is -0.0235. The molecule has 160 valence electrons. The van der Waals surface area contributed by atoms with Gasteiger partial charge in [-0.1, -0.05) is 11.2 Å². The number of aromatic nitrogens is 2. The maximum absolute atomic E-state index is 12.9. The van der Waals surface area contributed by atoms with E-state index in [0.29, 0.717) is 18.4 Å². The van der Waals surface area contributed by atoms with E-state index in [1.165, 1.54) is 6.20 Å². The summed E-state index contributed by atoms with van der Waals surface area (Å²) in [5.74, 6) is -2.31. The first-order chi connectivity index (χ1) is 14.7. The SMILES string of the molecule is CN1C(=O)CCc2cc(-c3cncc(CNC(=O)c4cnoc4C(F)(F)F)c3)ccc21. The first-order valence-electron chi connectivity index (χ1n) is 9.38. The van der Waals surface area contributed by atoms with E-state index in [9.17, 15) is 22.8 Å². The van der Waals surface area contributed by atoms with E-state index in [-0.39, 0.29) is 12.5 Å². The van der Waals surface area contributed by atoms with Crippen molar-refractivity contribution in [2.75, 3.05) is 11.9 Å². The van der Waals surface area contributed by atoms with Crippen molar-refractivity contribution in [2.24, 2.45) is 0 Å². The topological polar surface area (TPSA) is 88.3 Å². The molecular weight excluding hydrogens is 413 g/mol. The Morgan fingerprint density at radius 1 is 1.16 bits per heavy atom. The third-order valence-corrected chi connectivity index (χ3v) is 5.08. The number of rotatable bonds is 4. The van der Waals surface area contributed by atoms with Gasteiger partial charge in [0.15, 0.2) is 0 Å². The van der Waals surface area contributed by atoms with Gasteiger partial charge in [-0.05, 0) is 41.3 Å². The molecular formula is C21H17F3N4O3. The summed E-state index contributed by atoms with van der Waals surface area (Å²) in [5.41, 5.74) is 3.53. The van der Waals surface area contributed by atoms with Gasteiger partial charge in [0, 0.05) is 43.7 Å². The van der Waals surface area contributed by atoms with Crippen LogP contribution in [-0.4, -0.2) is 29.0 Å². The Morgan fingerprint density at radius 3 is 2.74 bits per heavy atom. The number of aryl methyl sites for hydroxylation is 1. The molecule has 2 amide bonds. The van der Waals surface area contributed by atoms with Gasteiger partial charge in [-0.2, -0.15) is 13.2 Å². The summed E-state index contributed by atoms with van der Waals surface area (Å²) in [6.07, 6.45) is 0.201. The number of fused-ring (bicyclic) bond motifs is 1. The van der Waals surface area contributed by atoms with E-state index in [1.54, 1.807) is 24.2 Å². The lowest BCUT2D eigenvalue weighted by Gasteiger charge is -2.26. The van der Waals surface area contributed by atoms with Crippen LogP contribution in [0.2, 0.25) is 0 Å². The zero-order valence-electron chi connectivity index (χ0n) is 16.4. The van der Waals surface area contributed by atoms with E-state index in [1.807, 2.05) is 18.2 Å². The molecule has 3 heterocycles. The number of nitrogens with one attached hydrogen (secondary N) is 1. The maximum atomic E-state index is 12.9. The van der Waals surface area contributed by atoms with Crippen LogP contribution < -0.4 is 10.2 Å². The smallest absolute Gasteiger partial charge is 0.351 e. The average Bonchev–Trinajstić information content (AvgIpc) is 3.25. The number of alkyl halides is 3. The highest BCUT2D eigenvalue weighted by atomic mass is 19.4. The molecule has 0 unspecified atom stereocenters. The first-order valence-corrected chi connectivity index (χ1v) is 9.38. The minimum Gasteiger partial charge on any atom is -0.351 e. The molecule has 0 fully saturated rings.